The Bertz CT molecular complexity index is 253. The minimum absolute atomic E-state index is 1.12. The lowest BCUT2D eigenvalue weighted by Gasteiger charge is -2.28. The summed E-state index contributed by atoms with van der Waals surface area (Å²) >= 11 is 0. The van der Waals surface area contributed by atoms with Crippen LogP contribution in [-0.2, 0) is 7.05 Å². The van der Waals surface area contributed by atoms with Gasteiger partial charge in [-0.05, 0) is 12.1 Å². The Morgan fingerprint density at radius 2 is 1.69 bits per heavy atom. The Kier molecular flexibility index (Phi) is 3.37. The lowest BCUT2D eigenvalue weighted by molar-refractivity contribution is 0.943. The molecule has 0 aromatic carbocycles. The number of aryl methyl sites for hydroxylation is 1. The van der Waals surface area contributed by atoms with E-state index < -0.39 is 8.07 Å². The summed E-state index contributed by atoms with van der Waals surface area (Å²) in [7, 11) is 1.06. The molecular formula is C11H21NSi. The third-order valence-corrected chi connectivity index (χ3v) is 9.18. The van der Waals surface area contributed by atoms with Crippen LogP contribution in [0.15, 0.2) is 18.3 Å². The van der Waals surface area contributed by atoms with Crippen LogP contribution in [0.2, 0.25) is 18.1 Å². The van der Waals surface area contributed by atoms with Crippen molar-refractivity contribution in [2.24, 2.45) is 7.05 Å². The fourth-order valence-electron chi connectivity index (χ4n) is 2.31. The summed E-state index contributed by atoms with van der Waals surface area (Å²) in [5, 5.41) is 1.63. The van der Waals surface area contributed by atoms with Gasteiger partial charge in [0, 0.05) is 18.6 Å². The second kappa shape index (κ2) is 4.14. The van der Waals surface area contributed by atoms with E-state index in [2.05, 4.69) is 50.7 Å². The monoisotopic (exact) mass is 195 g/mol. The Morgan fingerprint density at radius 3 is 2.00 bits per heavy atom. The van der Waals surface area contributed by atoms with Crippen molar-refractivity contribution in [3.63, 3.8) is 0 Å². The average Bonchev–Trinajstić information content (AvgIpc) is 2.57. The maximum atomic E-state index is 2.35. The largest absolute Gasteiger partial charge is 0.358 e. The van der Waals surface area contributed by atoms with Crippen LogP contribution in [0.1, 0.15) is 20.8 Å². The number of hydrogen-bond acceptors (Lipinski definition) is 0. The van der Waals surface area contributed by atoms with Crippen molar-refractivity contribution in [1.82, 2.24) is 4.57 Å². The lowest BCUT2D eigenvalue weighted by Crippen LogP contribution is -2.48. The standard InChI is InChI=1S/C11H21NSi/c1-5-13(6-2,7-3)11-9-8-10-12(11)4/h8-10H,5-7H2,1-4H3. The Labute approximate surface area is 82.8 Å². The van der Waals surface area contributed by atoms with Gasteiger partial charge in [-0.1, -0.05) is 38.9 Å². The molecule has 1 nitrogen and oxygen atoms in total. The molecule has 0 bridgehead atoms. The molecule has 1 heterocycles. The number of aromatic nitrogens is 1. The molecular weight excluding hydrogens is 174 g/mol. The molecule has 2 heteroatoms. The second-order valence-electron chi connectivity index (χ2n) is 3.85. The van der Waals surface area contributed by atoms with Gasteiger partial charge < -0.3 is 4.57 Å². The molecule has 0 amide bonds. The van der Waals surface area contributed by atoms with Crippen LogP contribution in [0.3, 0.4) is 0 Å². The van der Waals surface area contributed by atoms with Crippen LogP contribution in [0.5, 0.6) is 0 Å². The highest BCUT2D eigenvalue weighted by Crippen LogP contribution is 2.19. The van der Waals surface area contributed by atoms with Crippen molar-refractivity contribution < 1.29 is 0 Å². The predicted molar refractivity (Wildman–Crippen MR) is 62.2 cm³/mol. The topological polar surface area (TPSA) is 4.93 Å². The zero-order valence-corrected chi connectivity index (χ0v) is 10.3. The van der Waals surface area contributed by atoms with Crippen LogP contribution in [0.25, 0.3) is 0 Å². The summed E-state index contributed by atoms with van der Waals surface area (Å²) in [5.41, 5.74) is 0. The van der Waals surface area contributed by atoms with Crippen LogP contribution in [-0.4, -0.2) is 12.6 Å². The summed E-state index contributed by atoms with van der Waals surface area (Å²) in [6.07, 6.45) is 2.18. The van der Waals surface area contributed by atoms with Gasteiger partial charge >= 0.3 is 0 Å². The van der Waals surface area contributed by atoms with E-state index in [0.717, 1.165) is 0 Å². The highest BCUT2D eigenvalue weighted by Gasteiger charge is 2.30. The summed E-state index contributed by atoms with van der Waals surface area (Å²) in [6, 6.07) is 8.62. The minimum atomic E-state index is -1.12. The average molecular weight is 195 g/mol. The molecule has 0 spiro atoms. The molecule has 1 aromatic heterocycles. The molecule has 0 radical (unpaired) electrons. The van der Waals surface area contributed by atoms with Crippen LogP contribution in [0, 0.1) is 0 Å². The molecule has 0 atom stereocenters. The molecule has 13 heavy (non-hydrogen) atoms. The molecule has 74 valence electrons. The molecule has 0 fully saturated rings. The molecule has 0 aliphatic heterocycles. The van der Waals surface area contributed by atoms with Gasteiger partial charge in [-0.3, -0.25) is 0 Å². The quantitative estimate of drug-likeness (QED) is 0.651. The van der Waals surface area contributed by atoms with Gasteiger partial charge in [-0.25, -0.2) is 0 Å². The van der Waals surface area contributed by atoms with Gasteiger partial charge in [0.15, 0.2) is 0 Å². The van der Waals surface area contributed by atoms with Crippen molar-refractivity contribution >= 4 is 13.4 Å². The molecule has 0 aliphatic rings. The molecule has 1 rings (SSSR count). The Balaban J connectivity index is 3.07. The maximum Gasteiger partial charge on any atom is 0.107 e. The third-order valence-electron chi connectivity index (χ3n) is 3.52. The summed E-state index contributed by atoms with van der Waals surface area (Å²) in [5.74, 6) is 0. The van der Waals surface area contributed by atoms with Crippen molar-refractivity contribution in [1.29, 1.82) is 0 Å². The lowest BCUT2D eigenvalue weighted by atomic mass is 10.7. The van der Waals surface area contributed by atoms with E-state index in [4.69, 9.17) is 0 Å². The first kappa shape index (κ1) is 10.6. The number of nitrogens with zero attached hydrogens (tertiary/aromatic N) is 1. The molecule has 0 N–H and O–H groups in total. The first-order valence-electron chi connectivity index (χ1n) is 5.32. The summed E-state index contributed by atoms with van der Waals surface area (Å²) < 4.78 is 2.32. The van der Waals surface area contributed by atoms with Gasteiger partial charge in [0.25, 0.3) is 0 Å². The van der Waals surface area contributed by atoms with Gasteiger partial charge in [-0.15, -0.1) is 0 Å². The fraction of sp³-hybridized carbons (Fsp3) is 0.636. The molecule has 0 saturated heterocycles. The number of hydrogen-bond donors (Lipinski definition) is 0. The van der Waals surface area contributed by atoms with Crippen LogP contribution >= 0.6 is 0 Å². The van der Waals surface area contributed by atoms with E-state index in [9.17, 15) is 0 Å². The molecule has 0 aliphatic carbocycles. The van der Waals surface area contributed by atoms with E-state index in [-0.39, 0.29) is 0 Å². The number of rotatable bonds is 4. The van der Waals surface area contributed by atoms with Crippen LogP contribution in [0.4, 0.5) is 0 Å². The van der Waals surface area contributed by atoms with E-state index in [0.29, 0.717) is 0 Å². The summed E-state index contributed by atoms with van der Waals surface area (Å²) in [6.45, 7) is 7.06. The summed E-state index contributed by atoms with van der Waals surface area (Å²) in [4.78, 5) is 0. The second-order valence-corrected chi connectivity index (χ2v) is 9.04. The highest BCUT2D eigenvalue weighted by molar-refractivity contribution is 6.91. The highest BCUT2D eigenvalue weighted by atomic mass is 28.3. The minimum Gasteiger partial charge on any atom is -0.358 e. The maximum absolute atomic E-state index is 2.35. The van der Waals surface area contributed by atoms with Crippen molar-refractivity contribution in [3.8, 4) is 0 Å². The van der Waals surface area contributed by atoms with Gasteiger partial charge in [-0.2, -0.15) is 0 Å². The van der Waals surface area contributed by atoms with Crippen molar-refractivity contribution in [2.75, 3.05) is 0 Å². The first-order valence-corrected chi connectivity index (χ1v) is 7.94. The van der Waals surface area contributed by atoms with E-state index in [1.165, 1.54) is 18.1 Å². The molecule has 0 unspecified atom stereocenters. The van der Waals surface area contributed by atoms with Crippen LogP contribution < -0.4 is 5.32 Å². The van der Waals surface area contributed by atoms with Gasteiger partial charge in [0.1, 0.15) is 8.07 Å². The Hall–Kier alpha value is -0.503. The van der Waals surface area contributed by atoms with E-state index in [1.807, 2.05) is 0 Å². The van der Waals surface area contributed by atoms with Crippen molar-refractivity contribution in [2.45, 2.75) is 38.9 Å². The normalized spacial score (nSPS) is 12.0. The Morgan fingerprint density at radius 1 is 1.15 bits per heavy atom. The zero-order chi connectivity index (χ0) is 9.90. The zero-order valence-electron chi connectivity index (χ0n) is 9.30. The van der Waals surface area contributed by atoms with E-state index >= 15 is 0 Å². The fourth-order valence-corrected chi connectivity index (χ4v) is 6.16. The molecule has 1 aromatic rings. The van der Waals surface area contributed by atoms with Crippen molar-refractivity contribution in [3.05, 3.63) is 18.3 Å². The van der Waals surface area contributed by atoms with E-state index in [1.54, 1.807) is 5.32 Å². The van der Waals surface area contributed by atoms with Gasteiger partial charge in [0.2, 0.25) is 0 Å². The predicted octanol–water partition coefficient (Wildman–Crippen LogP) is 2.74. The SMILES string of the molecule is CC[Si](CC)(CC)c1cccn1C. The molecule has 0 saturated carbocycles. The smallest absolute Gasteiger partial charge is 0.107 e. The third kappa shape index (κ3) is 1.73. The first-order chi connectivity index (χ1) is 6.20. The van der Waals surface area contributed by atoms with Gasteiger partial charge in [0.05, 0.1) is 0 Å².